The van der Waals surface area contributed by atoms with Gasteiger partial charge in [-0.25, -0.2) is 4.39 Å². The fraction of sp³-hybridized carbons (Fsp3) is 0.429. The molecule has 1 saturated heterocycles. The van der Waals surface area contributed by atoms with Crippen molar-refractivity contribution in [2.45, 2.75) is 25.3 Å². The molecule has 0 saturated carbocycles. The van der Waals surface area contributed by atoms with Gasteiger partial charge in [-0.1, -0.05) is 6.07 Å². The van der Waals surface area contributed by atoms with Crippen LogP contribution in [0.3, 0.4) is 0 Å². The maximum absolute atomic E-state index is 14.0. The number of carbonyl (C=O) groups is 2. The van der Waals surface area contributed by atoms with E-state index in [4.69, 9.17) is 5.11 Å². The number of hydrogen-bond donors (Lipinski definition) is 3. The molecule has 0 aliphatic carbocycles. The molecule has 0 bridgehead atoms. The molecular weight excluding hydrogens is 263 g/mol. The normalized spacial score (nSPS) is 28.3. The summed E-state index contributed by atoms with van der Waals surface area (Å²) in [7, 11) is 0. The number of carboxylic acids is 1. The summed E-state index contributed by atoms with van der Waals surface area (Å²) in [5.74, 6) is -2.34. The second kappa shape index (κ2) is 4.56. The van der Waals surface area contributed by atoms with Crippen LogP contribution in [0.2, 0.25) is 0 Å². The second-order valence-electron chi connectivity index (χ2n) is 5.41. The van der Waals surface area contributed by atoms with Crippen LogP contribution in [-0.4, -0.2) is 23.5 Å². The van der Waals surface area contributed by atoms with Crippen molar-refractivity contribution in [3.8, 4) is 0 Å². The number of anilines is 1. The zero-order valence-corrected chi connectivity index (χ0v) is 10.9. The van der Waals surface area contributed by atoms with E-state index in [0.717, 1.165) is 0 Å². The Morgan fingerprint density at radius 1 is 1.45 bits per heavy atom. The number of rotatable bonds is 2. The molecule has 3 atom stereocenters. The van der Waals surface area contributed by atoms with Gasteiger partial charge in [0.2, 0.25) is 5.91 Å². The Morgan fingerprint density at radius 3 is 2.85 bits per heavy atom. The molecule has 0 radical (unpaired) electrons. The number of halogens is 1. The molecule has 3 N–H and O–H groups in total. The molecule has 2 heterocycles. The van der Waals surface area contributed by atoms with E-state index in [1.165, 1.54) is 6.07 Å². The minimum absolute atomic E-state index is 0.182. The standard InChI is InChI=1S/C14H15FN2O3/c1-6-9-2-7(3-10(15)12(9)17-13(6)18)11-4-8(5-16-11)14(19)20/h2-3,6,8,11,16H,4-5H2,1H3,(H,17,18)(H,19,20). The molecule has 20 heavy (non-hydrogen) atoms. The van der Waals surface area contributed by atoms with E-state index in [-0.39, 0.29) is 23.6 Å². The summed E-state index contributed by atoms with van der Waals surface area (Å²) in [5, 5.41) is 14.6. The fourth-order valence-electron chi connectivity index (χ4n) is 2.87. The maximum atomic E-state index is 14.0. The topological polar surface area (TPSA) is 78.4 Å². The minimum Gasteiger partial charge on any atom is -0.481 e. The number of fused-ring (bicyclic) bond motifs is 1. The van der Waals surface area contributed by atoms with Crippen LogP contribution in [0.25, 0.3) is 0 Å². The summed E-state index contributed by atoms with van der Waals surface area (Å²) < 4.78 is 14.0. The Bertz CT molecular complexity index is 602. The summed E-state index contributed by atoms with van der Waals surface area (Å²) >= 11 is 0. The zero-order chi connectivity index (χ0) is 14.4. The van der Waals surface area contributed by atoms with Gasteiger partial charge < -0.3 is 15.7 Å². The van der Waals surface area contributed by atoms with Gasteiger partial charge in [0.25, 0.3) is 0 Å². The van der Waals surface area contributed by atoms with Gasteiger partial charge in [0, 0.05) is 12.6 Å². The van der Waals surface area contributed by atoms with E-state index in [2.05, 4.69) is 10.6 Å². The highest BCUT2D eigenvalue weighted by Gasteiger charge is 2.34. The van der Waals surface area contributed by atoms with Gasteiger partial charge in [-0.3, -0.25) is 9.59 Å². The molecule has 6 heteroatoms. The highest BCUT2D eigenvalue weighted by Crippen LogP contribution is 2.38. The molecule has 3 rings (SSSR count). The summed E-state index contributed by atoms with van der Waals surface area (Å²) in [4.78, 5) is 22.5. The van der Waals surface area contributed by atoms with Crippen molar-refractivity contribution < 1.29 is 19.1 Å². The predicted octanol–water partition coefficient (Wildman–Crippen LogP) is 1.62. The van der Waals surface area contributed by atoms with Gasteiger partial charge in [-0.05, 0) is 30.5 Å². The van der Waals surface area contributed by atoms with Gasteiger partial charge >= 0.3 is 5.97 Å². The predicted molar refractivity (Wildman–Crippen MR) is 69.9 cm³/mol. The van der Waals surface area contributed by atoms with Gasteiger partial charge in [-0.15, -0.1) is 0 Å². The first kappa shape index (κ1) is 13.1. The van der Waals surface area contributed by atoms with Crippen molar-refractivity contribution in [2.24, 2.45) is 5.92 Å². The number of benzene rings is 1. The van der Waals surface area contributed by atoms with Gasteiger partial charge in [0.1, 0.15) is 5.82 Å². The number of nitrogens with one attached hydrogen (secondary N) is 2. The monoisotopic (exact) mass is 278 g/mol. The Hall–Kier alpha value is -1.95. The molecule has 0 aromatic heterocycles. The van der Waals surface area contributed by atoms with Crippen LogP contribution in [0.15, 0.2) is 12.1 Å². The molecule has 1 aromatic rings. The third-order valence-corrected chi connectivity index (χ3v) is 4.13. The van der Waals surface area contributed by atoms with Crippen LogP contribution >= 0.6 is 0 Å². The first-order valence-corrected chi connectivity index (χ1v) is 6.57. The van der Waals surface area contributed by atoms with Crippen molar-refractivity contribution in [3.63, 3.8) is 0 Å². The molecule has 5 nitrogen and oxygen atoms in total. The van der Waals surface area contributed by atoms with Gasteiger partial charge in [0.05, 0.1) is 17.5 Å². The number of hydrogen-bond acceptors (Lipinski definition) is 3. The highest BCUT2D eigenvalue weighted by atomic mass is 19.1. The van der Waals surface area contributed by atoms with E-state index >= 15 is 0 Å². The third kappa shape index (κ3) is 1.96. The molecular formula is C14H15FN2O3. The lowest BCUT2D eigenvalue weighted by Crippen LogP contribution is -2.17. The van der Waals surface area contributed by atoms with E-state index < -0.39 is 17.7 Å². The van der Waals surface area contributed by atoms with E-state index in [1.54, 1.807) is 13.0 Å². The Kier molecular flexibility index (Phi) is 2.97. The number of aliphatic carboxylic acids is 1. The van der Waals surface area contributed by atoms with Crippen LogP contribution < -0.4 is 10.6 Å². The third-order valence-electron chi connectivity index (χ3n) is 4.13. The van der Waals surface area contributed by atoms with Crippen LogP contribution in [0, 0.1) is 11.7 Å². The maximum Gasteiger partial charge on any atom is 0.307 e. The largest absolute Gasteiger partial charge is 0.481 e. The molecule has 3 unspecified atom stereocenters. The first-order chi connectivity index (χ1) is 9.47. The average molecular weight is 278 g/mol. The van der Waals surface area contributed by atoms with Crippen molar-refractivity contribution in [3.05, 3.63) is 29.1 Å². The number of carbonyl (C=O) groups excluding carboxylic acids is 1. The van der Waals surface area contributed by atoms with Crippen molar-refractivity contribution in [1.82, 2.24) is 5.32 Å². The lowest BCUT2D eigenvalue weighted by molar-refractivity contribution is -0.141. The van der Waals surface area contributed by atoms with Gasteiger partial charge in [0.15, 0.2) is 0 Å². The quantitative estimate of drug-likeness (QED) is 0.768. The number of amides is 1. The lowest BCUT2D eigenvalue weighted by atomic mass is 9.95. The van der Waals surface area contributed by atoms with Crippen LogP contribution in [-0.2, 0) is 9.59 Å². The summed E-state index contributed by atoms with van der Waals surface area (Å²) in [6.45, 7) is 2.11. The SMILES string of the molecule is CC1C(=O)Nc2c(F)cc(C3CC(C(=O)O)CN3)cc21. The smallest absolute Gasteiger partial charge is 0.307 e. The lowest BCUT2D eigenvalue weighted by Gasteiger charge is -2.13. The summed E-state index contributed by atoms with van der Waals surface area (Å²) in [6.07, 6.45) is 0.434. The summed E-state index contributed by atoms with van der Waals surface area (Å²) in [6, 6.07) is 2.99. The van der Waals surface area contributed by atoms with Gasteiger partial charge in [-0.2, -0.15) is 0 Å². The highest BCUT2D eigenvalue weighted by molar-refractivity contribution is 6.02. The second-order valence-corrected chi connectivity index (χ2v) is 5.41. The zero-order valence-electron chi connectivity index (χ0n) is 10.9. The van der Waals surface area contributed by atoms with E-state index in [1.807, 2.05) is 0 Å². The molecule has 106 valence electrons. The van der Waals surface area contributed by atoms with E-state index in [9.17, 15) is 14.0 Å². The Morgan fingerprint density at radius 2 is 2.20 bits per heavy atom. The number of carboxylic acid groups (broad SMARTS) is 1. The Labute approximate surface area is 115 Å². The van der Waals surface area contributed by atoms with Crippen molar-refractivity contribution >= 4 is 17.6 Å². The van der Waals surface area contributed by atoms with E-state index in [0.29, 0.717) is 24.1 Å². The van der Waals surface area contributed by atoms with Crippen LogP contribution in [0.1, 0.15) is 36.4 Å². The van der Waals surface area contributed by atoms with Crippen molar-refractivity contribution in [1.29, 1.82) is 0 Å². The average Bonchev–Trinajstić information content (AvgIpc) is 2.98. The fourth-order valence-corrected chi connectivity index (χ4v) is 2.87. The summed E-state index contributed by atoms with van der Waals surface area (Å²) in [5.41, 5.74) is 1.60. The molecule has 1 fully saturated rings. The molecule has 2 aliphatic heterocycles. The molecule has 0 spiro atoms. The minimum atomic E-state index is -0.841. The van der Waals surface area contributed by atoms with Crippen LogP contribution in [0.4, 0.5) is 10.1 Å². The molecule has 1 amide bonds. The molecule has 2 aliphatic rings. The van der Waals surface area contributed by atoms with Crippen molar-refractivity contribution in [2.75, 3.05) is 11.9 Å². The first-order valence-electron chi connectivity index (χ1n) is 6.57. The van der Waals surface area contributed by atoms with Crippen LogP contribution in [0.5, 0.6) is 0 Å². The Balaban J connectivity index is 1.92. The molecule has 1 aromatic carbocycles.